The van der Waals surface area contributed by atoms with Crippen molar-refractivity contribution in [3.8, 4) is 0 Å². The Morgan fingerprint density at radius 2 is 2.00 bits per heavy atom. The third kappa shape index (κ3) is 3.41. The standard InChI is InChI=1S/C24H21FN4O/c25-20-13-17(27-14-19-18-5-1-2-7-22(18)28-24(19)30)8-9-23(20)29-12-10-16(15-29)21-6-3-4-11-26-21/h1-9,11,13-14,16,27H,10,12,15H2,(H,28,30)/b19-14-. The Morgan fingerprint density at radius 1 is 1.13 bits per heavy atom. The molecule has 0 saturated carbocycles. The fourth-order valence-corrected chi connectivity index (χ4v) is 4.13. The number of hydrogen-bond acceptors (Lipinski definition) is 4. The minimum absolute atomic E-state index is 0.168. The van der Waals surface area contributed by atoms with Crippen molar-refractivity contribution in [2.75, 3.05) is 28.6 Å². The third-order valence-electron chi connectivity index (χ3n) is 5.68. The number of benzene rings is 2. The average Bonchev–Trinajstić information content (AvgIpc) is 3.37. The van der Waals surface area contributed by atoms with Crippen molar-refractivity contribution in [1.82, 2.24) is 4.98 Å². The van der Waals surface area contributed by atoms with E-state index in [1.807, 2.05) is 48.5 Å². The number of nitrogens with zero attached hydrogens (tertiary/aromatic N) is 2. The van der Waals surface area contributed by atoms with Crippen LogP contribution in [0, 0.1) is 5.82 Å². The summed E-state index contributed by atoms with van der Waals surface area (Å²) in [7, 11) is 0. The zero-order chi connectivity index (χ0) is 20.5. The maximum Gasteiger partial charge on any atom is 0.257 e. The minimum Gasteiger partial charge on any atom is -0.368 e. The third-order valence-corrected chi connectivity index (χ3v) is 5.68. The number of amides is 1. The van der Waals surface area contributed by atoms with Crippen LogP contribution < -0.4 is 15.5 Å². The van der Waals surface area contributed by atoms with Gasteiger partial charge in [-0.3, -0.25) is 9.78 Å². The Hall–Kier alpha value is -3.67. The Labute approximate surface area is 174 Å². The summed E-state index contributed by atoms with van der Waals surface area (Å²) in [6.07, 6.45) is 4.39. The van der Waals surface area contributed by atoms with E-state index < -0.39 is 0 Å². The molecule has 1 saturated heterocycles. The largest absolute Gasteiger partial charge is 0.368 e. The molecule has 0 bridgehead atoms. The van der Waals surface area contributed by atoms with Gasteiger partial charge in [-0.25, -0.2) is 4.39 Å². The lowest BCUT2D eigenvalue weighted by atomic mass is 10.0. The molecule has 2 aliphatic rings. The number of nitrogens with one attached hydrogen (secondary N) is 2. The molecule has 6 heteroatoms. The molecule has 1 unspecified atom stereocenters. The van der Waals surface area contributed by atoms with Crippen LogP contribution in [-0.2, 0) is 4.79 Å². The molecule has 30 heavy (non-hydrogen) atoms. The summed E-state index contributed by atoms with van der Waals surface area (Å²) in [5.41, 5.74) is 4.41. The summed E-state index contributed by atoms with van der Waals surface area (Å²) in [6.45, 7) is 1.55. The lowest BCUT2D eigenvalue weighted by molar-refractivity contribution is -0.110. The average molecular weight is 400 g/mol. The van der Waals surface area contributed by atoms with E-state index in [1.165, 1.54) is 6.07 Å². The van der Waals surface area contributed by atoms with Crippen LogP contribution in [0.4, 0.5) is 21.5 Å². The van der Waals surface area contributed by atoms with Crippen LogP contribution in [0.1, 0.15) is 23.6 Å². The fraction of sp³-hybridized carbons (Fsp3) is 0.167. The number of pyridine rings is 1. The maximum absolute atomic E-state index is 14.9. The zero-order valence-electron chi connectivity index (χ0n) is 16.3. The molecule has 3 aromatic rings. The second-order valence-corrected chi connectivity index (χ2v) is 7.55. The zero-order valence-corrected chi connectivity index (χ0v) is 16.3. The van der Waals surface area contributed by atoms with E-state index in [1.54, 1.807) is 18.5 Å². The van der Waals surface area contributed by atoms with Crippen LogP contribution in [0.15, 0.2) is 73.1 Å². The fourth-order valence-electron chi connectivity index (χ4n) is 4.13. The van der Waals surface area contributed by atoms with Gasteiger partial charge < -0.3 is 15.5 Å². The molecule has 5 nitrogen and oxygen atoms in total. The SMILES string of the molecule is O=C1Nc2ccccc2/C1=C/Nc1ccc(N2CCC(c3ccccn3)C2)c(F)c1. The van der Waals surface area contributed by atoms with Crippen LogP contribution in [0.2, 0.25) is 0 Å². The molecule has 2 N–H and O–H groups in total. The Kier molecular flexibility index (Phi) is 4.67. The van der Waals surface area contributed by atoms with E-state index in [2.05, 4.69) is 20.5 Å². The van der Waals surface area contributed by atoms with Crippen molar-refractivity contribution >= 4 is 28.5 Å². The van der Waals surface area contributed by atoms with Gasteiger partial charge in [0.1, 0.15) is 5.82 Å². The highest BCUT2D eigenvalue weighted by molar-refractivity contribution is 6.31. The van der Waals surface area contributed by atoms with E-state index in [9.17, 15) is 9.18 Å². The van der Waals surface area contributed by atoms with Gasteiger partial charge in [0.15, 0.2) is 0 Å². The van der Waals surface area contributed by atoms with Gasteiger partial charge in [0.05, 0.1) is 11.3 Å². The van der Waals surface area contributed by atoms with E-state index in [0.717, 1.165) is 36.5 Å². The number of carbonyl (C=O) groups is 1. The normalized spacial score (nSPS) is 19.1. The molecule has 2 aliphatic heterocycles. The number of anilines is 3. The maximum atomic E-state index is 14.9. The molecular formula is C24H21FN4O. The van der Waals surface area contributed by atoms with Gasteiger partial charge in [0.25, 0.3) is 5.91 Å². The van der Waals surface area contributed by atoms with E-state index in [4.69, 9.17) is 0 Å². The lowest BCUT2D eigenvalue weighted by Gasteiger charge is -2.20. The van der Waals surface area contributed by atoms with Crippen molar-refractivity contribution in [3.05, 3.63) is 90.1 Å². The second kappa shape index (κ2) is 7.63. The second-order valence-electron chi connectivity index (χ2n) is 7.55. The number of fused-ring (bicyclic) bond motifs is 1. The Morgan fingerprint density at radius 3 is 2.83 bits per heavy atom. The predicted octanol–water partition coefficient (Wildman–Crippen LogP) is 4.62. The van der Waals surface area contributed by atoms with E-state index in [-0.39, 0.29) is 11.7 Å². The van der Waals surface area contributed by atoms with Gasteiger partial charge in [-0.2, -0.15) is 0 Å². The molecule has 1 atom stereocenters. The van der Waals surface area contributed by atoms with Gasteiger partial charge >= 0.3 is 0 Å². The molecule has 0 spiro atoms. The molecule has 2 aromatic carbocycles. The monoisotopic (exact) mass is 400 g/mol. The molecule has 0 radical (unpaired) electrons. The van der Waals surface area contributed by atoms with Crippen LogP contribution in [0.5, 0.6) is 0 Å². The molecule has 1 amide bonds. The Balaban J connectivity index is 1.31. The van der Waals surface area contributed by atoms with Gasteiger partial charge in [-0.05, 0) is 42.8 Å². The number of carbonyl (C=O) groups excluding carboxylic acids is 1. The smallest absolute Gasteiger partial charge is 0.257 e. The van der Waals surface area contributed by atoms with Gasteiger partial charge in [-0.1, -0.05) is 24.3 Å². The number of aromatic nitrogens is 1. The minimum atomic E-state index is -0.281. The molecule has 150 valence electrons. The summed E-state index contributed by atoms with van der Waals surface area (Å²) >= 11 is 0. The summed E-state index contributed by atoms with van der Waals surface area (Å²) < 4.78 is 14.9. The Bertz CT molecular complexity index is 1130. The number of hydrogen-bond donors (Lipinski definition) is 2. The van der Waals surface area contributed by atoms with Crippen LogP contribution in [0.25, 0.3) is 5.57 Å². The lowest BCUT2D eigenvalue weighted by Crippen LogP contribution is -2.20. The van der Waals surface area contributed by atoms with Crippen molar-refractivity contribution in [1.29, 1.82) is 0 Å². The molecule has 1 aromatic heterocycles. The van der Waals surface area contributed by atoms with Crippen molar-refractivity contribution in [2.45, 2.75) is 12.3 Å². The van der Waals surface area contributed by atoms with Gasteiger partial charge in [-0.15, -0.1) is 0 Å². The molecule has 1 fully saturated rings. The number of para-hydroxylation sites is 1. The summed E-state index contributed by atoms with van der Waals surface area (Å²) in [6, 6.07) is 18.5. The van der Waals surface area contributed by atoms with Crippen molar-refractivity contribution in [2.24, 2.45) is 0 Å². The first kappa shape index (κ1) is 18.4. The van der Waals surface area contributed by atoms with E-state index >= 15 is 0 Å². The topological polar surface area (TPSA) is 57.3 Å². The highest BCUT2D eigenvalue weighted by atomic mass is 19.1. The van der Waals surface area contributed by atoms with Gasteiger partial charge in [0, 0.05) is 54.0 Å². The van der Waals surface area contributed by atoms with Crippen LogP contribution >= 0.6 is 0 Å². The van der Waals surface area contributed by atoms with Crippen LogP contribution in [-0.4, -0.2) is 24.0 Å². The quantitative estimate of drug-likeness (QED) is 0.628. The summed E-state index contributed by atoms with van der Waals surface area (Å²) in [5.74, 6) is -0.135. The first-order valence-corrected chi connectivity index (χ1v) is 10.0. The summed E-state index contributed by atoms with van der Waals surface area (Å²) in [4.78, 5) is 18.7. The predicted molar refractivity (Wildman–Crippen MR) is 117 cm³/mol. The van der Waals surface area contributed by atoms with Crippen molar-refractivity contribution in [3.63, 3.8) is 0 Å². The molecule has 0 aliphatic carbocycles. The highest BCUT2D eigenvalue weighted by Crippen LogP contribution is 2.33. The summed E-state index contributed by atoms with van der Waals surface area (Å²) in [5, 5.41) is 5.89. The molecular weight excluding hydrogens is 379 g/mol. The molecule has 3 heterocycles. The first-order chi connectivity index (χ1) is 14.7. The van der Waals surface area contributed by atoms with Gasteiger partial charge in [0.2, 0.25) is 0 Å². The first-order valence-electron chi connectivity index (χ1n) is 10.0. The van der Waals surface area contributed by atoms with E-state index in [0.29, 0.717) is 22.9 Å². The highest BCUT2D eigenvalue weighted by Gasteiger charge is 2.27. The number of rotatable bonds is 4. The number of halogens is 1. The van der Waals surface area contributed by atoms with Crippen LogP contribution in [0.3, 0.4) is 0 Å². The van der Waals surface area contributed by atoms with Crippen molar-refractivity contribution < 1.29 is 9.18 Å². The molecule has 5 rings (SSSR count).